The number of carbonyl (C=O) groups excluding carboxylic acids is 3. The van der Waals surface area contributed by atoms with Crippen molar-refractivity contribution in [1.82, 2.24) is 9.47 Å². The van der Waals surface area contributed by atoms with Gasteiger partial charge in [-0.15, -0.1) is 0 Å². The highest BCUT2D eigenvalue weighted by molar-refractivity contribution is 8.18. The highest BCUT2D eigenvalue weighted by Crippen LogP contribution is 2.34. The Morgan fingerprint density at radius 1 is 1.16 bits per heavy atom. The number of carboxylic acid groups (broad SMARTS) is 1. The number of amides is 2. The zero-order valence-corrected chi connectivity index (χ0v) is 17.5. The number of rotatable bonds is 6. The van der Waals surface area contributed by atoms with Gasteiger partial charge in [0, 0.05) is 17.6 Å². The van der Waals surface area contributed by atoms with Crippen LogP contribution < -0.4 is 0 Å². The third-order valence-electron chi connectivity index (χ3n) is 4.67. The van der Waals surface area contributed by atoms with Gasteiger partial charge in [-0.2, -0.15) is 0 Å². The van der Waals surface area contributed by atoms with Crippen LogP contribution in [-0.2, 0) is 16.1 Å². The van der Waals surface area contributed by atoms with E-state index in [0.717, 1.165) is 16.7 Å². The molecule has 2 aromatic heterocycles. The third-order valence-corrected chi connectivity index (χ3v) is 5.57. The molecule has 3 heterocycles. The molecule has 2 amide bonds. The molecule has 0 atom stereocenters. The second-order valence-electron chi connectivity index (χ2n) is 6.68. The molecule has 3 aromatic rings. The molecule has 0 radical (unpaired) electrons. The fourth-order valence-corrected chi connectivity index (χ4v) is 3.96. The fraction of sp³-hybridized carbons (Fsp3) is 0.0909. The van der Waals surface area contributed by atoms with Crippen molar-refractivity contribution < 1.29 is 33.4 Å². The average Bonchev–Trinajstić information content (AvgIpc) is 3.50. The number of furan rings is 1. The predicted octanol–water partition coefficient (Wildman–Crippen LogP) is 3.79. The molecule has 0 bridgehead atoms. The Labute approximate surface area is 185 Å². The minimum atomic E-state index is -1.05. The van der Waals surface area contributed by atoms with Crippen molar-refractivity contribution in [2.24, 2.45) is 0 Å². The molecule has 162 valence electrons. The lowest BCUT2D eigenvalue weighted by Crippen LogP contribution is -2.27. The summed E-state index contributed by atoms with van der Waals surface area (Å²) >= 11 is 0.787. The molecule has 0 spiro atoms. The molecule has 32 heavy (non-hydrogen) atoms. The number of esters is 1. The Morgan fingerprint density at radius 3 is 2.72 bits per heavy atom. The van der Waals surface area contributed by atoms with Gasteiger partial charge in [-0.1, -0.05) is 6.07 Å². The van der Waals surface area contributed by atoms with E-state index in [-0.39, 0.29) is 28.5 Å². The van der Waals surface area contributed by atoms with Gasteiger partial charge < -0.3 is 18.8 Å². The molecule has 1 aromatic carbocycles. The van der Waals surface area contributed by atoms with E-state index in [2.05, 4.69) is 4.74 Å². The number of imide groups is 1. The highest BCUT2D eigenvalue weighted by atomic mass is 32.2. The van der Waals surface area contributed by atoms with Crippen LogP contribution in [0, 0.1) is 0 Å². The summed E-state index contributed by atoms with van der Waals surface area (Å²) in [5.41, 5.74) is 1.34. The van der Waals surface area contributed by atoms with E-state index in [1.807, 2.05) is 0 Å². The van der Waals surface area contributed by atoms with Crippen molar-refractivity contribution in [2.75, 3.05) is 7.11 Å². The van der Waals surface area contributed by atoms with Crippen molar-refractivity contribution in [3.63, 3.8) is 0 Å². The summed E-state index contributed by atoms with van der Waals surface area (Å²) in [7, 11) is 1.22. The molecule has 0 unspecified atom stereocenters. The molecule has 1 N–H and O–H groups in total. The normalized spacial score (nSPS) is 14.9. The maximum absolute atomic E-state index is 12.8. The van der Waals surface area contributed by atoms with Crippen molar-refractivity contribution in [2.45, 2.75) is 6.54 Å². The van der Waals surface area contributed by atoms with Crippen molar-refractivity contribution in [3.05, 3.63) is 82.4 Å². The quantitative estimate of drug-likeness (QED) is 0.443. The number of hydrogen-bond acceptors (Lipinski definition) is 7. The lowest BCUT2D eigenvalue weighted by Gasteiger charge is -2.10. The summed E-state index contributed by atoms with van der Waals surface area (Å²) in [6.45, 7) is -0.124. The van der Waals surface area contributed by atoms with Crippen LogP contribution >= 0.6 is 11.8 Å². The largest absolute Gasteiger partial charge is 0.478 e. The first-order valence-electron chi connectivity index (χ1n) is 9.31. The van der Waals surface area contributed by atoms with Gasteiger partial charge in [0.15, 0.2) is 0 Å². The van der Waals surface area contributed by atoms with Crippen LogP contribution in [0.3, 0.4) is 0 Å². The van der Waals surface area contributed by atoms with Gasteiger partial charge in [0.05, 0.1) is 24.1 Å². The first-order chi connectivity index (χ1) is 15.4. The van der Waals surface area contributed by atoms with Gasteiger partial charge in [-0.3, -0.25) is 14.5 Å². The number of nitrogens with zero attached hydrogens (tertiary/aromatic N) is 2. The smallest absolute Gasteiger partial charge is 0.373 e. The Hall–Kier alpha value is -4.05. The third kappa shape index (κ3) is 4.08. The molecule has 4 rings (SSSR count). The standard InChI is InChI=1S/C22H16N2O7S/c1-30-21(28)17-8-7-16(31-17)12-24-19(25)18(32-22(24)29)11-15-6-3-9-23(15)14-5-2-4-13(10-14)20(26)27/h2-11H,12H2,1H3,(H,26,27). The SMILES string of the molecule is COC(=O)c1ccc(CN2C(=O)SC(=Cc3cccn3-c3cccc(C(=O)O)c3)C2=O)o1. The minimum Gasteiger partial charge on any atom is -0.478 e. The van der Waals surface area contributed by atoms with Crippen molar-refractivity contribution in [3.8, 4) is 5.69 Å². The minimum absolute atomic E-state index is 0.0218. The number of benzene rings is 1. The molecule has 0 aliphatic carbocycles. The molecule has 1 fully saturated rings. The second kappa shape index (κ2) is 8.60. The molecule has 1 aliphatic rings. The van der Waals surface area contributed by atoms with Crippen LogP contribution in [0.4, 0.5) is 4.79 Å². The summed E-state index contributed by atoms with van der Waals surface area (Å²) in [4.78, 5) is 49.3. The molecule has 0 saturated carbocycles. The Kier molecular flexibility index (Phi) is 5.69. The van der Waals surface area contributed by atoms with Crippen molar-refractivity contribution in [1.29, 1.82) is 0 Å². The van der Waals surface area contributed by atoms with Gasteiger partial charge in [0.25, 0.3) is 11.1 Å². The lowest BCUT2D eigenvalue weighted by molar-refractivity contribution is -0.123. The number of thioether (sulfide) groups is 1. The Bertz CT molecular complexity index is 1270. The van der Waals surface area contributed by atoms with E-state index in [1.165, 1.54) is 31.4 Å². The molecule has 1 aliphatic heterocycles. The van der Waals surface area contributed by atoms with Gasteiger partial charge in [0.1, 0.15) is 5.76 Å². The Morgan fingerprint density at radius 2 is 1.97 bits per heavy atom. The van der Waals surface area contributed by atoms with E-state index < -0.39 is 23.1 Å². The van der Waals surface area contributed by atoms with Gasteiger partial charge in [-0.25, -0.2) is 9.59 Å². The number of ether oxygens (including phenoxy) is 1. The van der Waals surface area contributed by atoms with E-state index in [0.29, 0.717) is 11.4 Å². The van der Waals surface area contributed by atoms with E-state index >= 15 is 0 Å². The molecule has 10 heteroatoms. The number of carboxylic acids is 1. The van der Waals surface area contributed by atoms with Crippen LogP contribution in [0.25, 0.3) is 11.8 Å². The summed E-state index contributed by atoms with van der Waals surface area (Å²) in [5, 5.41) is 8.75. The molecule has 9 nitrogen and oxygen atoms in total. The summed E-state index contributed by atoms with van der Waals surface area (Å²) in [6.07, 6.45) is 3.30. The van der Waals surface area contributed by atoms with E-state index in [9.17, 15) is 24.3 Å². The summed E-state index contributed by atoms with van der Waals surface area (Å²) in [6, 6.07) is 12.8. The van der Waals surface area contributed by atoms with Crippen LogP contribution in [0.2, 0.25) is 0 Å². The van der Waals surface area contributed by atoms with Gasteiger partial charge >= 0.3 is 11.9 Å². The van der Waals surface area contributed by atoms with Crippen molar-refractivity contribution >= 4 is 40.9 Å². The number of aromatic nitrogens is 1. The zero-order valence-electron chi connectivity index (χ0n) is 16.7. The summed E-state index contributed by atoms with van der Waals surface area (Å²) in [5.74, 6) is -1.95. The van der Waals surface area contributed by atoms with Crippen LogP contribution in [0.5, 0.6) is 0 Å². The van der Waals surface area contributed by atoms with E-state index in [1.54, 1.807) is 41.1 Å². The first-order valence-corrected chi connectivity index (χ1v) is 10.1. The topological polar surface area (TPSA) is 119 Å². The number of hydrogen-bond donors (Lipinski definition) is 1. The average molecular weight is 452 g/mol. The fourth-order valence-electron chi connectivity index (χ4n) is 3.14. The van der Waals surface area contributed by atoms with Crippen LogP contribution in [0.1, 0.15) is 32.4 Å². The molecular formula is C22H16N2O7S. The monoisotopic (exact) mass is 452 g/mol. The van der Waals surface area contributed by atoms with E-state index in [4.69, 9.17) is 4.42 Å². The lowest BCUT2D eigenvalue weighted by atomic mass is 10.2. The number of methoxy groups -OCH3 is 1. The van der Waals surface area contributed by atoms with Gasteiger partial charge in [0.2, 0.25) is 5.76 Å². The Balaban J connectivity index is 1.57. The number of carbonyl (C=O) groups is 4. The molecule has 1 saturated heterocycles. The first kappa shape index (κ1) is 21.2. The number of aromatic carboxylic acids is 1. The molecular weight excluding hydrogens is 436 g/mol. The van der Waals surface area contributed by atoms with Crippen LogP contribution in [0.15, 0.2) is 64.1 Å². The summed E-state index contributed by atoms with van der Waals surface area (Å²) < 4.78 is 11.6. The zero-order chi connectivity index (χ0) is 22.8. The predicted molar refractivity (Wildman–Crippen MR) is 114 cm³/mol. The van der Waals surface area contributed by atoms with Gasteiger partial charge in [-0.05, 0) is 60.3 Å². The van der Waals surface area contributed by atoms with Crippen LogP contribution in [-0.4, -0.2) is 44.8 Å². The second-order valence-corrected chi connectivity index (χ2v) is 7.68. The highest BCUT2D eigenvalue weighted by Gasteiger charge is 2.36. The maximum Gasteiger partial charge on any atom is 0.373 e. The maximum atomic E-state index is 12.8.